The van der Waals surface area contributed by atoms with Crippen molar-refractivity contribution >= 4 is 24.0 Å². The first-order valence-corrected chi connectivity index (χ1v) is 7.96. The summed E-state index contributed by atoms with van der Waals surface area (Å²) in [4.78, 5) is 23.0. The highest BCUT2D eigenvalue weighted by molar-refractivity contribution is 5.94. The highest BCUT2D eigenvalue weighted by Gasteiger charge is 2.19. The molecule has 9 heteroatoms. The lowest BCUT2D eigenvalue weighted by atomic mass is 10.1. The number of ether oxygens (including phenoxy) is 2. The minimum atomic E-state index is -0.481. The van der Waals surface area contributed by atoms with Gasteiger partial charge in [0.25, 0.3) is 11.6 Å². The zero-order valence-corrected chi connectivity index (χ0v) is 15.9. The second kappa shape index (κ2) is 10.3. The average molecular weight is 396 g/mol. The van der Waals surface area contributed by atoms with Crippen LogP contribution < -0.4 is 20.5 Å². The van der Waals surface area contributed by atoms with E-state index in [2.05, 4.69) is 5.32 Å². The Bertz CT molecular complexity index is 796. The summed E-state index contributed by atoms with van der Waals surface area (Å²) in [7, 11) is 2.87. The molecule has 0 saturated heterocycles. The van der Waals surface area contributed by atoms with Crippen molar-refractivity contribution < 1.29 is 19.2 Å². The third-order valence-electron chi connectivity index (χ3n) is 3.91. The number of nitrogens with two attached hydrogens (primary N) is 1. The molecule has 146 valence electrons. The zero-order valence-electron chi connectivity index (χ0n) is 15.1. The topological polar surface area (TPSA) is 117 Å². The molecule has 0 aliphatic heterocycles. The highest BCUT2D eigenvalue weighted by atomic mass is 35.5. The standard InChI is InChI=1S/C18H21N3O5.ClH/c1-25-16-9-14(15(21(23)24)10-17(16)26-2)7-8-20-18(22)13-5-3-12(11-19)4-6-13;/h3-6,9-10H,7-8,11,19H2,1-2H3,(H,20,22);1H. The monoisotopic (exact) mass is 395 g/mol. The maximum atomic E-state index is 12.2. The molecule has 0 aliphatic rings. The first-order valence-electron chi connectivity index (χ1n) is 7.96. The fourth-order valence-electron chi connectivity index (χ4n) is 2.49. The fourth-order valence-corrected chi connectivity index (χ4v) is 2.49. The maximum Gasteiger partial charge on any atom is 0.276 e. The summed E-state index contributed by atoms with van der Waals surface area (Å²) in [6, 6.07) is 9.83. The molecular weight excluding hydrogens is 374 g/mol. The van der Waals surface area contributed by atoms with Crippen molar-refractivity contribution in [1.82, 2.24) is 5.32 Å². The molecule has 0 heterocycles. The molecule has 3 N–H and O–H groups in total. The Balaban J connectivity index is 0.00000364. The Morgan fingerprint density at radius 2 is 1.74 bits per heavy atom. The molecule has 0 radical (unpaired) electrons. The minimum Gasteiger partial charge on any atom is -0.493 e. The van der Waals surface area contributed by atoms with E-state index in [-0.39, 0.29) is 42.7 Å². The number of rotatable bonds is 8. The first kappa shape index (κ1) is 22.2. The molecule has 2 aromatic carbocycles. The predicted octanol–water partition coefficient (Wildman–Crippen LogP) is 2.47. The van der Waals surface area contributed by atoms with Crippen LogP contribution >= 0.6 is 12.4 Å². The van der Waals surface area contributed by atoms with E-state index in [0.717, 1.165) is 5.56 Å². The number of nitrogens with zero attached hydrogens (tertiary/aromatic N) is 1. The van der Waals surface area contributed by atoms with Crippen molar-refractivity contribution in [2.75, 3.05) is 20.8 Å². The zero-order chi connectivity index (χ0) is 19.1. The van der Waals surface area contributed by atoms with Gasteiger partial charge in [-0.05, 0) is 30.2 Å². The molecule has 0 unspecified atom stereocenters. The largest absolute Gasteiger partial charge is 0.493 e. The van der Waals surface area contributed by atoms with Crippen LogP contribution in [0.4, 0.5) is 5.69 Å². The van der Waals surface area contributed by atoms with Crippen molar-refractivity contribution in [3.63, 3.8) is 0 Å². The Labute approximate surface area is 163 Å². The summed E-state index contributed by atoms with van der Waals surface area (Å²) in [5, 5.41) is 14.0. The molecule has 2 aromatic rings. The maximum absolute atomic E-state index is 12.2. The summed E-state index contributed by atoms with van der Waals surface area (Å²) in [6.07, 6.45) is 0.281. The van der Waals surface area contributed by atoms with Gasteiger partial charge in [0.1, 0.15) is 0 Å². The Morgan fingerprint density at radius 1 is 1.15 bits per heavy atom. The molecule has 1 amide bonds. The number of nitrogens with one attached hydrogen (secondary N) is 1. The lowest BCUT2D eigenvalue weighted by Gasteiger charge is -2.11. The number of hydrogen-bond donors (Lipinski definition) is 2. The summed E-state index contributed by atoms with van der Waals surface area (Å²) >= 11 is 0. The number of carbonyl (C=O) groups is 1. The number of halogens is 1. The second-order valence-corrected chi connectivity index (χ2v) is 5.50. The number of methoxy groups -OCH3 is 2. The molecule has 2 rings (SSSR count). The van der Waals surface area contributed by atoms with E-state index in [0.29, 0.717) is 23.4 Å². The number of nitro benzene ring substituents is 1. The van der Waals surface area contributed by atoms with E-state index in [1.165, 1.54) is 20.3 Å². The van der Waals surface area contributed by atoms with Gasteiger partial charge in [-0.3, -0.25) is 14.9 Å². The number of nitro groups is 1. The Morgan fingerprint density at radius 3 is 2.26 bits per heavy atom. The van der Waals surface area contributed by atoms with Crippen LogP contribution in [0.5, 0.6) is 11.5 Å². The van der Waals surface area contributed by atoms with Crippen molar-refractivity contribution in [3.05, 3.63) is 63.2 Å². The summed E-state index contributed by atoms with van der Waals surface area (Å²) < 4.78 is 10.3. The molecule has 0 atom stereocenters. The van der Waals surface area contributed by atoms with Gasteiger partial charge in [0.15, 0.2) is 11.5 Å². The van der Waals surface area contributed by atoms with Crippen molar-refractivity contribution in [2.24, 2.45) is 5.73 Å². The predicted molar refractivity (Wildman–Crippen MR) is 104 cm³/mol. The lowest BCUT2D eigenvalue weighted by molar-refractivity contribution is -0.385. The number of amides is 1. The summed E-state index contributed by atoms with van der Waals surface area (Å²) in [6.45, 7) is 0.651. The summed E-state index contributed by atoms with van der Waals surface area (Å²) in [5.41, 5.74) is 7.34. The van der Waals surface area contributed by atoms with Crippen LogP contribution in [-0.4, -0.2) is 31.6 Å². The fraction of sp³-hybridized carbons (Fsp3) is 0.278. The van der Waals surface area contributed by atoms with Crippen molar-refractivity contribution in [1.29, 1.82) is 0 Å². The first-order chi connectivity index (χ1) is 12.5. The van der Waals surface area contributed by atoms with E-state index in [1.54, 1.807) is 30.3 Å². The molecule has 0 aromatic heterocycles. The molecule has 0 spiro atoms. The third-order valence-corrected chi connectivity index (χ3v) is 3.91. The van der Waals surface area contributed by atoms with Gasteiger partial charge in [-0.2, -0.15) is 0 Å². The van der Waals surface area contributed by atoms with Gasteiger partial charge in [-0.15, -0.1) is 12.4 Å². The SMILES string of the molecule is COc1cc(CCNC(=O)c2ccc(CN)cc2)c([N+](=O)[O-])cc1OC.Cl. The third kappa shape index (κ3) is 5.57. The van der Waals surface area contributed by atoms with Gasteiger partial charge in [0, 0.05) is 24.2 Å². The van der Waals surface area contributed by atoms with Gasteiger partial charge in [0.05, 0.1) is 25.2 Å². The van der Waals surface area contributed by atoms with Crippen LogP contribution in [0.25, 0.3) is 0 Å². The quantitative estimate of drug-likeness (QED) is 0.523. The van der Waals surface area contributed by atoms with Gasteiger partial charge in [-0.1, -0.05) is 12.1 Å². The van der Waals surface area contributed by atoms with E-state index in [4.69, 9.17) is 15.2 Å². The smallest absolute Gasteiger partial charge is 0.276 e. The van der Waals surface area contributed by atoms with Crippen LogP contribution in [0.1, 0.15) is 21.5 Å². The molecule has 0 bridgehead atoms. The average Bonchev–Trinajstić information content (AvgIpc) is 2.67. The molecule has 0 aliphatic carbocycles. The number of carbonyl (C=O) groups excluding carboxylic acids is 1. The van der Waals surface area contributed by atoms with E-state index < -0.39 is 4.92 Å². The second-order valence-electron chi connectivity index (χ2n) is 5.50. The van der Waals surface area contributed by atoms with Crippen LogP contribution in [-0.2, 0) is 13.0 Å². The van der Waals surface area contributed by atoms with Crippen molar-refractivity contribution in [3.8, 4) is 11.5 Å². The Hall–Kier alpha value is -2.84. The van der Waals surface area contributed by atoms with Crippen LogP contribution in [0.15, 0.2) is 36.4 Å². The van der Waals surface area contributed by atoms with E-state index in [9.17, 15) is 14.9 Å². The van der Waals surface area contributed by atoms with Crippen LogP contribution in [0, 0.1) is 10.1 Å². The summed E-state index contributed by atoms with van der Waals surface area (Å²) in [5.74, 6) is 0.431. The minimum absolute atomic E-state index is 0. The van der Waals surface area contributed by atoms with Gasteiger partial charge in [0.2, 0.25) is 0 Å². The number of hydrogen-bond acceptors (Lipinski definition) is 6. The Kier molecular flexibility index (Phi) is 8.50. The van der Waals surface area contributed by atoms with E-state index in [1.807, 2.05) is 0 Å². The van der Waals surface area contributed by atoms with Crippen molar-refractivity contribution in [2.45, 2.75) is 13.0 Å². The molecule has 0 saturated carbocycles. The molecule has 0 fully saturated rings. The van der Waals surface area contributed by atoms with Gasteiger partial charge < -0.3 is 20.5 Å². The van der Waals surface area contributed by atoms with Crippen LogP contribution in [0.2, 0.25) is 0 Å². The molecule has 8 nitrogen and oxygen atoms in total. The normalized spacial score (nSPS) is 9.89. The van der Waals surface area contributed by atoms with Crippen LogP contribution in [0.3, 0.4) is 0 Å². The molecular formula is C18H22ClN3O5. The lowest BCUT2D eigenvalue weighted by Crippen LogP contribution is -2.25. The van der Waals surface area contributed by atoms with Gasteiger partial charge in [-0.25, -0.2) is 0 Å². The number of benzene rings is 2. The molecule has 27 heavy (non-hydrogen) atoms. The highest BCUT2D eigenvalue weighted by Crippen LogP contribution is 2.34. The van der Waals surface area contributed by atoms with E-state index >= 15 is 0 Å². The van der Waals surface area contributed by atoms with Gasteiger partial charge >= 0.3 is 0 Å².